The van der Waals surface area contributed by atoms with Gasteiger partial charge in [-0.15, -0.1) is 0 Å². The smallest absolute Gasteiger partial charge is 0.741 e. The molecule has 232 valence electrons. The van der Waals surface area contributed by atoms with Gasteiger partial charge in [-0.25, -0.2) is 16.8 Å². The van der Waals surface area contributed by atoms with E-state index in [4.69, 9.17) is 25.9 Å². The van der Waals surface area contributed by atoms with Crippen molar-refractivity contribution in [3.05, 3.63) is 97.6 Å². The molecule has 0 N–H and O–H groups in total. The number of halogens is 6. The van der Waals surface area contributed by atoms with Crippen molar-refractivity contribution in [2.45, 2.75) is 11.0 Å². The molecule has 0 saturated heterocycles. The predicted octanol–water partition coefficient (Wildman–Crippen LogP) is 5.67. The fourth-order valence-electron chi connectivity index (χ4n) is 3.36. The van der Waals surface area contributed by atoms with Crippen molar-refractivity contribution in [1.82, 2.24) is 19.9 Å². The summed E-state index contributed by atoms with van der Waals surface area (Å²) in [5.74, 6) is 0. The maximum atomic E-state index is 10.7. The summed E-state index contributed by atoms with van der Waals surface area (Å²) in [4.78, 5) is 17.4. The second-order valence-electron chi connectivity index (χ2n) is 8.23. The van der Waals surface area contributed by atoms with Crippen LogP contribution in [0.1, 0.15) is 0 Å². The Labute approximate surface area is 263 Å². The van der Waals surface area contributed by atoms with Gasteiger partial charge in [-0.3, -0.25) is 19.9 Å². The number of fused-ring (bicyclic) bond motifs is 6. The fourth-order valence-corrected chi connectivity index (χ4v) is 3.36. The summed E-state index contributed by atoms with van der Waals surface area (Å²) < 4.78 is 118. The summed E-state index contributed by atoms with van der Waals surface area (Å²) in [5.41, 5.74) is -7.38. The monoisotopic (exact) mass is 722 g/mol. The topological polar surface area (TPSA) is 166 Å². The number of hydrogen-bond acceptors (Lipinski definition) is 10. The zero-order valence-corrected chi connectivity index (χ0v) is 26.9. The average molecular weight is 724 g/mol. The Kier molecular flexibility index (Phi) is 12.4. The van der Waals surface area contributed by atoms with Crippen LogP contribution in [0.25, 0.3) is 43.6 Å². The molecule has 4 aromatic heterocycles. The number of rotatable bonds is 0. The van der Waals surface area contributed by atoms with Crippen LogP contribution in [0.2, 0.25) is 0 Å². The Morgan fingerprint density at radius 2 is 0.622 bits per heavy atom. The average Bonchev–Trinajstić information content (AvgIpc) is 2.96. The second kappa shape index (κ2) is 14.9. The van der Waals surface area contributed by atoms with Crippen molar-refractivity contribution < 1.29 is 71.8 Å². The standard InChI is InChI=1S/2C12H8N2.2CHF3O3S.Zn/c2*1-3-9-5-6-10-4-2-8-14-12(10)11(9)13-7-1;2*2-1(3,4)8(5,6)7;/h2*1-8H;2*(H,5,6,7);/q;;;;+2/p-2. The molecule has 19 heteroatoms. The maximum Gasteiger partial charge on any atom is 2.00 e. The number of aromatic nitrogens is 4. The molecule has 0 spiro atoms. The molecule has 45 heavy (non-hydrogen) atoms. The first kappa shape index (κ1) is 37.3. The van der Waals surface area contributed by atoms with E-state index in [2.05, 4.69) is 68.5 Å². The molecular weight excluding hydrogens is 708 g/mol. The first-order valence-electron chi connectivity index (χ1n) is 11.6. The van der Waals surface area contributed by atoms with Crippen LogP contribution in [0.15, 0.2) is 97.6 Å². The van der Waals surface area contributed by atoms with E-state index in [1.54, 1.807) is 24.8 Å². The van der Waals surface area contributed by atoms with E-state index in [9.17, 15) is 26.3 Å². The van der Waals surface area contributed by atoms with E-state index in [-0.39, 0.29) is 19.5 Å². The molecule has 6 rings (SSSR count). The van der Waals surface area contributed by atoms with Gasteiger partial charge in [-0.05, 0) is 24.3 Å². The summed E-state index contributed by atoms with van der Waals surface area (Å²) in [5, 5.41) is 4.55. The molecular formula is C26H16F6N4O6S2Zn. The largest absolute Gasteiger partial charge is 2.00 e. The molecule has 10 nitrogen and oxygen atoms in total. The molecule has 2 aromatic carbocycles. The summed E-state index contributed by atoms with van der Waals surface area (Å²) in [6, 6.07) is 24.3. The molecule has 0 radical (unpaired) electrons. The van der Waals surface area contributed by atoms with E-state index in [1.807, 2.05) is 24.3 Å². The molecule has 0 atom stereocenters. The van der Waals surface area contributed by atoms with Crippen molar-refractivity contribution in [3.8, 4) is 0 Å². The van der Waals surface area contributed by atoms with E-state index in [1.165, 1.54) is 0 Å². The van der Waals surface area contributed by atoms with Crippen molar-refractivity contribution in [3.63, 3.8) is 0 Å². The van der Waals surface area contributed by atoms with Crippen LogP contribution in [0.4, 0.5) is 26.3 Å². The molecule has 0 amide bonds. The minimum absolute atomic E-state index is 0. The minimum Gasteiger partial charge on any atom is -0.741 e. The molecule has 4 heterocycles. The van der Waals surface area contributed by atoms with Gasteiger partial charge in [0.05, 0.1) is 22.1 Å². The molecule has 0 bridgehead atoms. The van der Waals surface area contributed by atoms with Crippen molar-refractivity contribution in [1.29, 1.82) is 0 Å². The third-order valence-corrected chi connectivity index (χ3v) is 6.39. The van der Waals surface area contributed by atoms with Crippen LogP contribution in [0.3, 0.4) is 0 Å². The van der Waals surface area contributed by atoms with Gasteiger partial charge in [-0.1, -0.05) is 48.5 Å². The predicted molar refractivity (Wildman–Crippen MR) is 146 cm³/mol. The first-order valence-corrected chi connectivity index (χ1v) is 14.4. The Hall–Kier alpha value is -3.90. The van der Waals surface area contributed by atoms with Crippen molar-refractivity contribution in [2.75, 3.05) is 0 Å². The summed E-state index contributed by atoms with van der Waals surface area (Å²) in [7, 11) is -12.2. The van der Waals surface area contributed by atoms with Crippen molar-refractivity contribution in [2.24, 2.45) is 0 Å². The number of pyridine rings is 4. The molecule has 0 aliphatic carbocycles. The minimum atomic E-state index is -6.09. The summed E-state index contributed by atoms with van der Waals surface area (Å²) in [6.45, 7) is 0. The van der Waals surface area contributed by atoms with Gasteiger partial charge < -0.3 is 9.11 Å². The third kappa shape index (κ3) is 10.1. The summed E-state index contributed by atoms with van der Waals surface area (Å²) in [6.07, 6.45) is 7.21. The van der Waals surface area contributed by atoms with Crippen LogP contribution in [0.5, 0.6) is 0 Å². The zero-order chi connectivity index (χ0) is 32.8. The Morgan fingerprint density at radius 3 is 0.778 bits per heavy atom. The SMILES string of the molecule is O=S(=O)([O-])C(F)(F)F.O=S(=O)([O-])C(F)(F)F.[Zn+2].c1cnc2c(c1)ccc1cccnc12.c1cnc2c(c1)ccc1cccnc12. The second-order valence-corrected chi connectivity index (χ2v) is 11.0. The van der Waals surface area contributed by atoms with E-state index in [0.717, 1.165) is 43.6 Å². The van der Waals surface area contributed by atoms with E-state index < -0.39 is 31.3 Å². The number of nitrogens with zero attached hydrogens (tertiary/aromatic N) is 4. The van der Waals surface area contributed by atoms with Gasteiger partial charge in [0.25, 0.3) is 0 Å². The number of hydrogen-bond donors (Lipinski definition) is 0. The number of alkyl halides is 6. The first-order chi connectivity index (χ1) is 20.4. The Morgan fingerprint density at radius 1 is 0.444 bits per heavy atom. The molecule has 0 aliphatic rings. The maximum absolute atomic E-state index is 10.7. The van der Waals surface area contributed by atoms with Crippen LogP contribution in [0, 0.1) is 0 Å². The van der Waals surface area contributed by atoms with E-state index >= 15 is 0 Å². The molecule has 6 aromatic rings. The molecule has 0 saturated carbocycles. The van der Waals surface area contributed by atoms with Crippen molar-refractivity contribution >= 4 is 63.8 Å². The quantitative estimate of drug-likeness (QED) is 0.0627. The van der Waals surface area contributed by atoms with Gasteiger partial charge in [0.2, 0.25) is 0 Å². The van der Waals surface area contributed by atoms with E-state index in [0.29, 0.717) is 0 Å². The van der Waals surface area contributed by atoms with Gasteiger partial charge in [0, 0.05) is 46.3 Å². The molecule has 0 fully saturated rings. The zero-order valence-electron chi connectivity index (χ0n) is 22.3. The third-order valence-electron chi connectivity index (χ3n) is 5.26. The Bertz CT molecular complexity index is 1870. The molecule has 0 unspecified atom stereocenters. The van der Waals surface area contributed by atoms with Gasteiger partial charge in [-0.2, -0.15) is 26.3 Å². The Balaban J connectivity index is 0.000000216. The summed E-state index contributed by atoms with van der Waals surface area (Å²) >= 11 is 0. The van der Waals surface area contributed by atoms with Gasteiger partial charge >= 0.3 is 30.5 Å². The van der Waals surface area contributed by atoms with Gasteiger partial charge in [0.15, 0.2) is 20.2 Å². The van der Waals surface area contributed by atoms with Crippen LogP contribution in [-0.4, -0.2) is 56.9 Å². The van der Waals surface area contributed by atoms with Crippen LogP contribution in [-0.2, 0) is 39.7 Å². The fraction of sp³-hybridized carbons (Fsp3) is 0.0769. The normalized spacial score (nSPS) is 11.7. The number of benzene rings is 2. The van der Waals surface area contributed by atoms with Gasteiger partial charge in [0.1, 0.15) is 0 Å². The molecule has 0 aliphatic heterocycles. The van der Waals surface area contributed by atoms with Crippen LogP contribution < -0.4 is 0 Å². The van der Waals surface area contributed by atoms with Crippen LogP contribution >= 0.6 is 0 Å².